The lowest BCUT2D eigenvalue weighted by molar-refractivity contribution is -0.133. The Bertz CT molecular complexity index is 1810. The number of rotatable bonds is 5. The van der Waals surface area contributed by atoms with Gasteiger partial charge in [0.1, 0.15) is 28.5 Å². The predicted octanol–water partition coefficient (Wildman–Crippen LogP) is 5.94. The summed E-state index contributed by atoms with van der Waals surface area (Å²) in [6.07, 6.45) is 10.0. The van der Waals surface area contributed by atoms with E-state index in [4.69, 9.17) is 10.7 Å². The van der Waals surface area contributed by atoms with Gasteiger partial charge >= 0.3 is 0 Å². The van der Waals surface area contributed by atoms with Crippen molar-refractivity contribution in [3.8, 4) is 22.4 Å². The molecule has 3 atom stereocenters. The highest BCUT2D eigenvalue weighted by molar-refractivity contribution is 5.85. The number of nitrogens with zero attached hydrogens (tertiary/aromatic N) is 4. The zero-order valence-corrected chi connectivity index (χ0v) is 23.5. The molecule has 0 radical (unpaired) electrons. The minimum Gasteiger partial charge on any atom is -0.382 e. The first-order valence-electron chi connectivity index (χ1n) is 14.5. The molecule has 1 saturated heterocycles. The van der Waals surface area contributed by atoms with Gasteiger partial charge in [-0.2, -0.15) is 0 Å². The van der Waals surface area contributed by atoms with Gasteiger partial charge in [0, 0.05) is 36.8 Å². The van der Waals surface area contributed by atoms with Crippen LogP contribution in [0.2, 0.25) is 0 Å². The number of anilines is 1. The Morgan fingerprint density at radius 1 is 0.929 bits per heavy atom. The van der Waals surface area contributed by atoms with Crippen molar-refractivity contribution in [3.05, 3.63) is 120 Å². The molecule has 0 unspecified atom stereocenters. The summed E-state index contributed by atoms with van der Waals surface area (Å²) >= 11 is 0. The SMILES string of the molecule is C[C@@](O)(c1ccc(-c2nc([C@@H]3CC[C@H]4C=CCC(=O)N4C3)n3ccnc(N)c23)cc1)c1cccc(-c2ccccc2)c1. The van der Waals surface area contributed by atoms with Crippen molar-refractivity contribution in [3.63, 3.8) is 0 Å². The molecule has 2 aliphatic heterocycles. The van der Waals surface area contributed by atoms with Gasteiger partial charge in [-0.25, -0.2) is 9.97 Å². The second kappa shape index (κ2) is 10.3. The van der Waals surface area contributed by atoms with Crippen molar-refractivity contribution in [1.29, 1.82) is 0 Å². The third-order valence-corrected chi connectivity index (χ3v) is 8.83. The average Bonchev–Trinajstić information content (AvgIpc) is 3.43. The van der Waals surface area contributed by atoms with E-state index in [0.29, 0.717) is 18.8 Å². The van der Waals surface area contributed by atoms with E-state index in [-0.39, 0.29) is 17.9 Å². The standard InChI is InChI=1S/C35H33N5O2/c1-35(42,28-10-5-9-25(21-28)23-7-3-2-4-8-23)27-16-13-24(14-17-27)31-32-33(36)37-19-20-39(32)34(38-31)26-15-18-29-11-6-12-30(41)40(29)22-26/h2-11,13-14,16-17,19-21,26,29,42H,12,15,18,22H2,1H3,(H2,36,37)/t26-,29-,35-/m1/s1. The molecular weight excluding hydrogens is 522 g/mol. The maximum absolute atomic E-state index is 12.7. The Morgan fingerprint density at radius 2 is 1.71 bits per heavy atom. The van der Waals surface area contributed by atoms with Crippen LogP contribution in [-0.2, 0) is 10.4 Å². The lowest BCUT2D eigenvalue weighted by atomic mass is 9.86. The highest BCUT2D eigenvalue weighted by Gasteiger charge is 2.35. The Hall–Kier alpha value is -4.75. The van der Waals surface area contributed by atoms with Gasteiger partial charge in [0.2, 0.25) is 5.91 Å². The lowest BCUT2D eigenvalue weighted by Crippen LogP contribution is -2.47. The summed E-state index contributed by atoms with van der Waals surface area (Å²) in [5.74, 6) is 1.57. The zero-order valence-electron chi connectivity index (χ0n) is 23.5. The number of hydrogen-bond acceptors (Lipinski definition) is 5. The van der Waals surface area contributed by atoms with Crippen molar-refractivity contribution in [2.24, 2.45) is 0 Å². The van der Waals surface area contributed by atoms with Gasteiger partial charge < -0.3 is 15.7 Å². The smallest absolute Gasteiger partial charge is 0.226 e. The maximum atomic E-state index is 12.7. The fourth-order valence-electron chi connectivity index (χ4n) is 6.46. The first-order chi connectivity index (χ1) is 20.4. The van der Waals surface area contributed by atoms with E-state index in [9.17, 15) is 9.90 Å². The van der Waals surface area contributed by atoms with Crippen LogP contribution in [0.5, 0.6) is 0 Å². The molecule has 210 valence electrons. The number of fused-ring (bicyclic) bond motifs is 2. The number of piperidine rings is 1. The van der Waals surface area contributed by atoms with Gasteiger partial charge in [-0.05, 0) is 48.1 Å². The van der Waals surface area contributed by atoms with Crippen molar-refractivity contribution < 1.29 is 9.90 Å². The van der Waals surface area contributed by atoms with Crippen molar-refractivity contribution >= 4 is 17.2 Å². The number of nitrogen functional groups attached to an aromatic ring is 1. The lowest BCUT2D eigenvalue weighted by Gasteiger charge is -2.39. The summed E-state index contributed by atoms with van der Waals surface area (Å²) < 4.78 is 2.03. The molecular formula is C35H33N5O2. The number of aromatic nitrogens is 3. The zero-order chi connectivity index (χ0) is 28.8. The van der Waals surface area contributed by atoms with Crippen LogP contribution in [0.25, 0.3) is 27.9 Å². The fourth-order valence-corrected chi connectivity index (χ4v) is 6.46. The van der Waals surface area contributed by atoms with E-state index in [1.807, 2.05) is 89.2 Å². The van der Waals surface area contributed by atoms with Crippen molar-refractivity contribution in [1.82, 2.24) is 19.3 Å². The highest BCUT2D eigenvalue weighted by Crippen LogP contribution is 2.38. The molecule has 4 heterocycles. The quantitative estimate of drug-likeness (QED) is 0.262. The van der Waals surface area contributed by atoms with E-state index < -0.39 is 5.60 Å². The summed E-state index contributed by atoms with van der Waals surface area (Å²) in [4.78, 5) is 24.1. The molecule has 7 nitrogen and oxygen atoms in total. The maximum Gasteiger partial charge on any atom is 0.226 e. The Balaban J connectivity index is 1.22. The number of nitrogens with two attached hydrogens (primary N) is 1. The van der Waals surface area contributed by atoms with Gasteiger partial charge in [0.05, 0.1) is 6.04 Å². The molecule has 3 aromatic carbocycles. The Kier molecular flexibility index (Phi) is 6.39. The molecule has 0 saturated carbocycles. The summed E-state index contributed by atoms with van der Waals surface area (Å²) in [5.41, 5.74) is 11.4. The van der Waals surface area contributed by atoms with Gasteiger partial charge in [-0.3, -0.25) is 9.20 Å². The molecule has 7 heteroatoms. The number of carbonyl (C=O) groups is 1. The number of imidazole rings is 1. The predicted molar refractivity (Wildman–Crippen MR) is 165 cm³/mol. The summed E-state index contributed by atoms with van der Waals surface area (Å²) in [6, 6.07) is 26.3. The summed E-state index contributed by atoms with van der Waals surface area (Å²) in [5, 5.41) is 11.7. The van der Waals surface area contributed by atoms with Crippen LogP contribution < -0.4 is 5.73 Å². The monoisotopic (exact) mass is 555 g/mol. The first-order valence-corrected chi connectivity index (χ1v) is 14.5. The van der Waals surface area contributed by atoms with Gasteiger partial charge in [-0.15, -0.1) is 0 Å². The fraction of sp³-hybridized carbons (Fsp3) is 0.229. The third kappa shape index (κ3) is 4.46. The Labute approximate surface area is 245 Å². The van der Waals surface area contributed by atoms with Crippen LogP contribution in [0.15, 0.2) is 103 Å². The van der Waals surface area contributed by atoms with E-state index in [1.54, 1.807) is 6.20 Å². The topological polar surface area (TPSA) is 96.8 Å². The molecule has 1 fully saturated rings. The van der Waals surface area contributed by atoms with E-state index in [1.165, 1.54) is 0 Å². The normalized spacial score (nSPS) is 20.0. The molecule has 2 aromatic heterocycles. The molecule has 0 bridgehead atoms. The number of amides is 1. The van der Waals surface area contributed by atoms with Crippen molar-refractivity contribution in [2.45, 2.75) is 43.7 Å². The van der Waals surface area contributed by atoms with E-state index in [0.717, 1.165) is 57.7 Å². The van der Waals surface area contributed by atoms with Gasteiger partial charge in [0.15, 0.2) is 0 Å². The first kappa shape index (κ1) is 26.2. The number of benzene rings is 3. The molecule has 0 spiro atoms. The van der Waals surface area contributed by atoms with Crippen LogP contribution in [-0.4, -0.2) is 42.9 Å². The highest BCUT2D eigenvalue weighted by atomic mass is 16.3. The number of aliphatic hydroxyl groups is 1. The van der Waals surface area contributed by atoms with Crippen LogP contribution in [0, 0.1) is 0 Å². The van der Waals surface area contributed by atoms with Crippen molar-refractivity contribution in [2.75, 3.05) is 12.3 Å². The van der Waals surface area contributed by atoms with Gasteiger partial charge in [-0.1, -0.05) is 84.9 Å². The largest absolute Gasteiger partial charge is 0.382 e. The molecule has 5 aromatic rings. The Morgan fingerprint density at radius 3 is 2.52 bits per heavy atom. The van der Waals surface area contributed by atoms with Crippen LogP contribution in [0.1, 0.15) is 49.1 Å². The molecule has 1 amide bonds. The molecule has 42 heavy (non-hydrogen) atoms. The molecule has 7 rings (SSSR count). The molecule has 3 N–H and O–H groups in total. The minimum atomic E-state index is -1.20. The van der Waals surface area contributed by atoms with E-state index in [2.05, 4.69) is 29.3 Å². The number of hydrogen-bond donors (Lipinski definition) is 2. The average molecular weight is 556 g/mol. The molecule has 2 aliphatic rings. The third-order valence-electron chi connectivity index (χ3n) is 8.83. The van der Waals surface area contributed by atoms with Gasteiger partial charge in [0.25, 0.3) is 0 Å². The number of carbonyl (C=O) groups excluding carboxylic acids is 1. The summed E-state index contributed by atoms with van der Waals surface area (Å²) in [6.45, 7) is 2.46. The summed E-state index contributed by atoms with van der Waals surface area (Å²) in [7, 11) is 0. The second-order valence-corrected chi connectivity index (χ2v) is 11.5. The van der Waals surface area contributed by atoms with E-state index >= 15 is 0 Å². The second-order valence-electron chi connectivity index (χ2n) is 11.5. The van der Waals surface area contributed by atoms with Crippen LogP contribution >= 0.6 is 0 Å². The minimum absolute atomic E-state index is 0.0941. The molecule has 0 aliphatic carbocycles. The van der Waals surface area contributed by atoms with Crippen LogP contribution in [0.4, 0.5) is 5.82 Å². The van der Waals surface area contributed by atoms with Crippen LogP contribution in [0.3, 0.4) is 0 Å².